The molecule has 2 N–H and O–H groups in total. The lowest BCUT2D eigenvalue weighted by Crippen LogP contribution is -2.29. The van der Waals surface area contributed by atoms with Crippen LogP contribution in [0.15, 0.2) is 23.1 Å². The summed E-state index contributed by atoms with van der Waals surface area (Å²) in [5.74, 6) is 0. The molecule has 1 rings (SSSR count). The summed E-state index contributed by atoms with van der Waals surface area (Å²) in [6.07, 6.45) is -5.09. The maximum Gasteiger partial charge on any atom is 0.390 e. The van der Waals surface area contributed by atoms with Crippen LogP contribution >= 0.6 is 0 Å². The highest BCUT2D eigenvalue weighted by Crippen LogP contribution is 2.21. The van der Waals surface area contributed by atoms with Crippen LogP contribution < -0.4 is 10.0 Å². The summed E-state index contributed by atoms with van der Waals surface area (Å²) in [7, 11) is -2.22. The van der Waals surface area contributed by atoms with Gasteiger partial charge in [-0.05, 0) is 30.7 Å². The number of halogens is 3. The van der Waals surface area contributed by atoms with Crippen LogP contribution in [0.25, 0.3) is 0 Å². The topological polar surface area (TPSA) is 58.2 Å². The Kier molecular flexibility index (Phi) is 6.18. The molecule has 1 aromatic carbocycles. The van der Waals surface area contributed by atoms with Crippen molar-refractivity contribution in [1.82, 2.24) is 10.0 Å². The van der Waals surface area contributed by atoms with Crippen molar-refractivity contribution in [2.45, 2.75) is 37.4 Å². The minimum atomic E-state index is -4.38. The van der Waals surface area contributed by atoms with Crippen LogP contribution in [0.3, 0.4) is 0 Å². The van der Waals surface area contributed by atoms with Gasteiger partial charge in [-0.15, -0.1) is 0 Å². The van der Waals surface area contributed by atoms with E-state index in [0.29, 0.717) is 18.5 Å². The Bertz CT molecular complexity index is 571. The molecule has 0 spiro atoms. The standard InChI is InChI=1S/C13H19F3N2O2S/c1-3-11-5-4-10(9-17-2)8-12(11)21(19,20)18-7-6-13(14,15)16/h4-5,8,17-18H,3,6-7,9H2,1-2H3. The largest absolute Gasteiger partial charge is 0.390 e. The molecule has 0 aliphatic carbocycles. The third-order valence-electron chi connectivity index (χ3n) is 2.88. The molecule has 120 valence electrons. The van der Waals surface area contributed by atoms with Gasteiger partial charge >= 0.3 is 6.18 Å². The number of benzene rings is 1. The highest BCUT2D eigenvalue weighted by molar-refractivity contribution is 7.89. The maximum atomic E-state index is 12.2. The van der Waals surface area contributed by atoms with E-state index in [4.69, 9.17) is 0 Å². The number of nitrogens with one attached hydrogen (secondary N) is 2. The van der Waals surface area contributed by atoms with Gasteiger partial charge in [-0.1, -0.05) is 19.1 Å². The molecule has 0 unspecified atom stereocenters. The highest BCUT2D eigenvalue weighted by atomic mass is 32.2. The van der Waals surface area contributed by atoms with Crippen molar-refractivity contribution >= 4 is 10.0 Å². The molecule has 0 heterocycles. The Morgan fingerprint density at radius 2 is 1.90 bits per heavy atom. The zero-order chi connectivity index (χ0) is 16.1. The monoisotopic (exact) mass is 324 g/mol. The molecular formula is C13H19F3N2O2S. The third-order valence-corrected chi connectivity index (χ3v) is 4.43. The molecule has 0 saturated carbocycles. The van der Waals surface area contributed by atoms with Crippen LogP contribution in [-0.4, -0.2) is 28.2 Å². The summed E-state index contributed by atoms with van der Waals surface area (Å²) in [6, 6.07) is 4.97. The Morgan fingerprint density at radius 1 is 1.24 bits per heavy atom. The van der Waals surface area contributed by atoms with E-state index < -0.39 is 29.2 Å². The lowest BCUT2D eigenvalue weighted by molar-refractivity contribution is -0.132. The van der Waals surface area contributed by atoms with Crippen molar-refractivity contribution in [1.29, 1.82) is 0 Å². The molecule has 0 amide bonds. The van der Waals surface area contributed by atoms with E-state index in [9.17, 15) is 21.6 Å². The number of aryl methyl sites for hydroxylation is 1. The summed E-state index contributed by atoms with van der Waals surface area (Å²) in [5, 5.41) is 2.90. The lowest BCUT2D eigenvalue weighted by atomic mass is 10.1. The van der Waals surface area contributed by atoms with Crippen LogP contribution in [0, 0.1) is 0 Å². The van der Waals surface area contributed by atoms with Crippen molar-refractivity contribution in [2.24, 2.45) is 0 Å². The molecule has 1 aromatic rings. The first-order valence-electron chi connectivity index (χ1n) is 6.52. The highest BCUT2D eigenvalue weighted by Gasteiger charge is 2.28. The van der Waals surface area contributed by atoms with Gasteiger partial charge in [0.1, 0.15) is 0 Å². The van der Waals surface area contributed by atoms with Gasteiger partial charge in [0.2, 0.25) is 10.0 Å². The molecule has 0 radical (unpaired) electrons. The molecule has 8 heteroatoms. The Hall–Kier alpha value is -1.12. The second kappa shape index (κ2) is 7.24. The van der Waals surface area contributed by atoms with Gasteiger partial charge in [0.25, 0.3) is 0 Å². The van der Waals surface area contributed by atoms with Crippen molar-refractivity contribution in [2.75, 3.05) is 13.6 Å². The van der Waals surface area contributed by atoms with Crippen molar-refractivity contribution < 1.29 is 21.6 Å². The third kappa shape index (κ3) is 5.64. The molecule has 0 aliphatic heterocycles. The lowest BCUT2D eigenvalue weighted by Gasteiger charge is -2.13. The van der Waals surface area contributed by atoms with Gasteiger partial charge in [-0.25, -0.2) is 13.1 Å². The van der Waals surface area contributed by atoms with Gasteiger partial charge in [-0.3, -0.25) is 0 Å². The second-order valence-corrected chi connectivity index (χ2v) is 6.32. The first kappa shape index (κ1) is 17.9. The predicted octanol–water partition coefficient (Wildman–Crippen LogP) is 2.20. The van der Waals surface area contributed by atoms with E-state index >= 15 is 0 Å². The minimum Gasteiger partial charge on any atom is -0.316 e. The minimum absolute atomic E-state index is 0.0416. The first-order chi connectivity index (χ1) is 9.69. The van der Waals surface area contributed by atoms with Gasteiger partial charge in [0.05, 0.1) is 11.3 Å². The van der Waals surface area contributed by atoms with E-state index in [2.05, 4.69) is 5.32 Å². The summed E-state index contributed by atoms with van der Waals surface area (Å²) in [5.41, 5.74) is 1.33. The van der Waals surface area contributed by atoms with Crippen LogP contribution in [-0.2, 0) is 23.0 Å². The van der Waals surface area contributed by atoms with E-state index in [-0.39, 0.29) is 4.90 Å². The van der Waals surface area contributed by atoms with Crippen LogP contribution in [0.2, 0.25) is 0 Å². The average molecular weight is 324 g/mol. The Balaban J connectivity index is 2.97. The Labute approximate surface area is 122 Å². The normalized spacial score (nSPS) is 12.6. The van der Waals surface area contributed by atoms with Gasteiger partial charge in [0.15, 0.2) is 0 Å². The van der Waals surface area contributed by atoms with E-state index in [1.165, 1.54) is 6.07 Å². The van der Waals surface area contributed by atoms with E-state index in [0.717, 1.165) is 5.56 Å². The fraction of sp³-hybridized carbons (Fsp3) is 0.538. The average Bonchev–Trinajstić information content (AvgIpc) is 2.37. The molecule has 4 nitrogen and oxygen atoms in total. The summed E-state index contributed by atoms with van der Waals surface area (Å²) < 4.78 is 62.6. The molecule has 21 heavy (non-hydrogen) atoms. The van der Waals surface area contributed by atoms with Crippen LogP contribution in [0.5, 0.6) is 0 Å². The smallest absolute Gasteiger partial charge is 0.316 e. The zero-order valence-corrected chi connectivity index (χ0v) is 12.7. The van der Waals surface area contributed by atoms with Crippen LogP contribution in [0.1, 0.15) is 24.5 Å². The molecule has 0 saturated heterocycles. The molecule has 0 aliphatic rings. The molecule has 0 bridgehead atoms. The number of hydrogen-bond acceptors (Lipinski definition) is 3. The SMILES string of the molecule is CCc1ccc(CNC)cc1S(=O)(=O)NCCC(F)(F)F. The van der Waals surface area contributed by atoms with Gasteiger partial charge in [-0.2, -0.15) is 13.2 Å². The van der Waals surface area contributed by atoms with Crippen molar-refractivity contribution in [3.05, 3.63) is 29.3 Å². The molecule has 0 fully saturated rings. The maximum absolute atomic E-state index is 12.2. The first-order valence-corrected chi connectivity index (χ1v) is 8.00. The number of sulfonamides is 1. The van der Waals surface area contributed by atoms with Gasteiger partial charge < -0.3 is 5.32 Å². The number of hydrogen-bond donors (Lipinski definition) is 2. The van der Waals surface area contributed by atoms with E-state index in [1.807, 2.05) is 4.72 Å². The summed E-state index contributed by atoms with van der Waals surface area (Å²) in [6.45, 7) is 1.61. The summed E-state index contributed by atoms with van der Waals surface area (Å²) in [4.78, 5) is 0.0416. The number of alkyl halides is 3. The van der Waals surface area contributed by atoms with Crippen molar-refractivity contribution in [3.8, 4) is 0 Å². The van der Waals surface area contributed by atoms with Crippen molar-refractivity contribution in [3.63, 3.8) is 0 Å². The zero-order valence-electron chi connectivity index (χ0n) is 11.9. The Morgan fingerprint density at radius 3 is 2.43 bits per heavy atom. The fourth-order valence-electron chi connectivity index (χ4n) is 1.86. The molecular weight excluding hydrogens is 305 g/mol. The van der Waals surface area contributed by atoms with Gasteiger partial charge in [0, 0.05) is 13.1 Å². The van der Waals surface area contributed by atoms with Crippen LogP contribution in [0.4, 0.5) is 13.2 Å². The quantitative estimate of drug-likeness (QED) is 0.808. The summed E-state index contributed by atoms with van der Waals surface area (Å²) >= 11 is 0. The fourth-order valence-corrected chi connectivity index (χ4v) is 3.25. The molecule has 0 aromatic heterocycles. The predicted molar refractivity (Wildman–Crippen MR) is 74.4 cm³/mol. The number of rotatable bonds is 7. The second-order valence-electron chi connectivity index (χ2n) is 4.59. The molecule has 0 atom stereocenters. The van der Waals surface area contributed by atoms with E-state index in [1.54, 1.807) is 26.1 Å².